The molecule has 0 fully saturated rings. The van der Waals surface area contributed by atoms with Gasteiger partial charge in [-0.1, -0.05) is 22.0 Å². The van der Waals surface area contributed by atoms with Gasteiger partial charge >= 0.3 is 0 Å². The number of benzene rings is 1. The summed E-state index contributed by atoms with van der Waals surface area (Å²) < 4.78 is 0.706. The number of hydrogen-bond donors (Lipinski definition) is 1. The van der Waals surface area contributed by atoms with Crippen LogP contribution in [0.5, 0.6) is 0 Å². The van der Waals surface area contributed by atoms with Crippen LogP contribution in [0.2, 0.25) is 0 Å². The van der Waals surface area contributed by atoms with Gasteiger partial charge in [-0.15, -0.1) is 0 Å². The first-order valence-corrected chi connectivity index (χ1v) is 4.98. The summed E-state index contributed by atoms with van der Waals surface area (Å²) in [5.41, 5.74) is 6.39. The lowest BCUT2D eigenvalue weighted by atomic mass is 10.1. The van der Waals surface area contributed by atoms with Crippen LogP contribution in [0.3, 0.4) is 0 Å². The minimum atomic E-state index is -0.386. The molecule has 0 radical (unpaired) electrons. The van der Waals surface area contributed by atoms with Crippen molar-refractivity contribution in [2.75, 3.05) is 0 Å². The highest BCUT2D eigenvalue weighted by Gasteiger charge is 2.14. The fourth-order valence-electron chi connectivity index (χ4n) is 1.23. The van der Waals surface area contributed by atoms with Crippen molar-refractivity contribution < 1.29 is 4.92 Å². The van der Waals surface area contributed by atoms with Crippen molar-refractivity contribution in [3.8, 4) is 0 Å². The number of nitrogens with two attached hydrogens (primary N) is 1. The van der Waals surface area contributed by atoms with Crippen LogP contribution in [-0.2, 0) is 6.42 Å². The summed E-state index contributed by atoms with van der Waals surface area (Å²) >= 11 is 3.20. The molecule has 5 heteroatoms. The highest BCUT2D eigenvalue weighted by molar-refractivity contribution is 9.10. The quantitative estimate of drug-likeness (QED) is 0.668. The lowest BCUT2D eigenvalue weighted by Gasteiger charge is -2.05. The summed E-state index contributed by atoms with van der Waals surface area (Å²) in [7, 11) is 0. The van der Waals surface area contributed by atoms with Crippen LogP contribution in [0.4, 0.5) is 5.69 Å². The Morgan fingerprint density at radius 1 is 1.64 bits per heavy atom. The van der Waals surface area contributed by atoms with Crippen molar-refractivity contribution in [1.29, 1.82) is 0 Å². The first-order chi connectivity index (χ1) is 6.50. The van der Waals surface area contributed by atoms with Crippen LogP contribution < -0.4 is 5.73 Å². The number of rotatable bonds is 3. The maximum Gasteiger partial charge on any atom is 0.273 e. The molecule has 1 aromatic rings. The number of nitro benzene ring substituents is 1. The molecule has 14 heavy (non-hydrogen) atoms. The van der Waals surface area contributed by atoms with E-state index in [0.29, 0.717) is 16.5 Å². The van der Waals surface area contributed by atoms with E-state index in [1.54, 1.807) is 12.1 Å². The summed E-state index contributed by atoms with van der Waals surface area (Å²) in [4.78, 5) is 10.3. The molecule has 0 bridgehead atoms. The molecule has 1 atom stereocenters. The van der Waals surface area contributed by atoms with E-state index in [-0.39, 0.29) is 16.7 Å². The zero-order valence-electron chi connectivity index (χ0n) is 7.74. The zero-order chi connectivity index (χ0) is 10.7. The molecule has 0 saturated heterocycles. The van der Waals surface area contributed by atoms with Crippen molar-refractivity contribution in [2.45, 2.75) is 19.4 Å². The standard InChI is InChI=1S/C9H11BrN2O2/c1-6(11)4-7-2-3-8(10)5-9(7)12(13)14/h2-3,5-6H,4,11H2,1H3/t6-/m0/s1. The van der Waals surface area contributed by atoms with Gasteiger partial charge in [-0.2, -0.15) is 0 Å². The van der Waals surface area contributed by atoms with Crippen LogP contribution in [0.25, 0.3) is 0 Å². The Kier molecular flexibility index (Phi) is 3.60. The third-order valence-electron chi connectivity index (χ3n) is 1.79. The van der Waals surface area contributed by atoms with E-state index in [0.717, 1.165) is 0 Å². The Morgan fingerprint density at radius 3 is 2.79 bits per heavy atom. The van der Waals surface area contributed by atoms with Gasteiger partial charge in [0.1, 0.15) is 0 Å². The topological polar surface area (TPSA) is 69.2 Å². The third-order valence-corrected chi connectivity index (χ3v) is 2.28. The third kappa shape index (κ3) is 2.78. The van der Waals surface area contributed by atoms with E-state index in [9.17, 15) is 10.1 Å². The summed E-state index contributed by atoms with van der Waals surface area (Å²) in [5.74, 6) is 0. The molecule has 76 valence electrons. The molecule has 1 aromatic carbocycles. The normalized spacial score (nSPS) is 12.5. The molecule has 0 aliphatic rings. The van der Waals surface area contributed by atoms with Gasteiger partial charge in [-0.05, 0) is 19.4 Å². The van der Waals surface area contributed by atoms with E-state index < -0.39 is 0 Å². The molecule has 4 nitrogen and oxygen atoms in total. The van der Waals surface area contributed by atoms with Gasteiger partial charge in [-0.25, -0.2) is 0 Å². The molecule has 2 N–H and O–H groups in total. The van der Waals surface area contributed by atoms with E-state index in [1.807, 2.05) is 6.92 Å². The van der Waals surface area contributed by atoms with E-state index >= 15 is 0 Å². The van der Waals surface area contributed by atoms with Crippen molar-refractivity contribution in [1.82, 2.24) is 0 Å². The van der Waals surface area contributed by atoms with Crippen molar-refractivity contribution in [3.63, 3.8) is 0 Å². The molecule has 0 heterocycles. The smallest absolute Gasteiger partial charge is 0.273 e. The molecule has 0 aliphatic carbocycles. The Bertz CT molecular complexity index is 353. The first kappa shape index (κ1) is 11.1. The highest BCUT2D eigenvalue weighted by atomic mass is 79.9. The monoisotopic (exact) mass is 258 g/mol. The average molecular weight is 259 g/mol. The maximum atomic E-state index is 10.7. The molecule has 0 amide bonds. The fraction of sp³-hybridized carbons (Fsp3) is 0.333. The van der Waals surface area contributed by atoms with Crippen LogP contribution in [-0.4, -0.2) is 11.0 Å². The SMILES string of the molecule is C[C@H](N)Cc1ccc(Br)cc1[N+](=O)[O-]. The average Bonchev–Trinajstić information content (AvgIpc) is 2.07. The largest absolute Gasteiger partial charge is 0.328 e. The van der Waals surface area contributed by atoms with Gasteiger partial charge in [0, 0.05) is 22.1 Å². The molecule has 0 unspecified atom stereocenters. The summed E-state index contributed by atoms with van der Waals surface area (Å²) in [6.07, 6.45) is 0.517. The van der Waals surface area contributed by atoms with E-state index in [4.69, 9.17) is 5.73 Å². The van der Waals surface area contributed by atoms with Gasteiger partial charge in [0.2, 0.25) is 0 Å². The summed E-state index contributed by atoms with van der Waals surface area (Å²) in [5, 5.41) is 10.7. The molecular weight excluding hydrogens is 248 g/mol. The second kappa shape index (κ2) is 4.52. The zero-order valence-corrected chi connectivity index (χ0v) is 9.32. The molecule has 0 aromatic heterocycles. The molecule has 0 spiro atoms. The predicted molar refractivity (Wildman–Crippen MR) is 58.1 cm³/mol. The minimum Gasteiger partial charge on any atom is -0.328 e. The lowest BCUT2D eigenvalue weighted by Crippen LogP contribution is -2.18. The Labute approximate surface area is 90.4 Å². The van der Waals surface area contributed by atoms with Crippen LogP contribution >= 0.6 is 15.9 Å². The fourth-order valence-corrected chi connectivity index (χ4v) is 1.58. The number of halogens is 1. The van der Waals surface area contributed by atoms with Crippen molar-refractivity contribution in [3.05, 3.63) is 38.3 Å². The van der Waals surface area contributed by atoms with Crippen LogP contribution in [0.15, 0.2) is 22.7 Å². The van der Waals surface area contributed by atoms with E-state index in [1.165, 1.54) is 6.07 Å². The molecule has 1 rings (SSSR count). The van der Waals surface area contributed by atoms with Gasteiger partial charge < -0.3 is 5.73 Å². The Morgan fingerprint density at radius 2 is 2.29 bits per heavy atom. The molecular formula is C9H11BrN2O2. The van der Waals surface area contributed by atoms with Crippen LogP contribution in [0.1, 0.15) is 12.5 Å². The Balaban J connectivity index is 3.08. The summed E-state index contributed by atoms with van der Waals surface area (Å²) in [6.45, 7) is 1.83. The van der Waals surface area contributed by atoms with Crippen molar-refractivity contribution >= 4 is 21.6 Å². The number of nitro groups is 1. The van der Waals surface area contributed by atoms with Crippen molar-refractivity contribution in [2.24, 2.45) is 5.73 Å². The summed E-state index contributed by atoms with van der Waals surface area (Å²) in [6, 6.07) is 4.93. The van der Waals surface area contributed by atoms with Gasteiger partial charge in [-0.3, -0.25) is 10.1 Å². The lowest BCUT2D eigenvalue weighted by molar-refractivity contribution is -0.385. The van der Waals surface area contributed by atoms with Gasteiger partial charge in [0.05, 0.1) is 4.92 Å². The van der Waals surface area contributed by atoms with Crippen LogP contribution in [0, 0.1) is 10.1 Å². The molecule has 0 aliphatic heterocycles. The maximum absolute atomic E-state index is 10.7. The minimum absolute atomic E-state index is 0.0742. The second-order valence-electron chi connectivity index (χ2n) is 3.21. The number of nitrogens with zero attached hydrogens (tertiary/aromatic N) is 1. The van der Waals surface area contributed by atoms with Gasteiger partial charge in [0.25, 0.3) is 5.69 Å². The Hall–Kier alpha value is -0.940. The van der Waals surface area contributed by atoms with Gasteiger partial charge in [0.15, 0.2) is 0 Å². The first-order valence-electron chi connectivity index (χ1n) is 4.19. The van der Waals surface area contributed by atoms with E-state index in [2.05, 4.69) is 15.9 Å². The number of hydrogen-bond acceptors (Lipinski definition) is 3. The highest BCUT2D eigenvalue weighted by Crippen LogP contribution is 2.24. The predicted octanol–water partition coefficient (Wildman–Crippen LogP) is 2.25. The molecule has 0 saturated carbocycles. The second-order valence-corrected chi connectivity index (χ2v) is 4.13.